The molecule has 0 fully saturated rings. The van der Waals surface area contributed by atoms with Gasteiger partial charge in [0.2, 0.25) is 0 Å². The quantitative estimate of drug-likeness (QED) is 0.536. The van der Waals surface area contributed by atoms with Crippen molar-refractivity contribution >= 4 is 5.97 Å². The molecular formula is C8H12F3NO2. The number of carbonyl (C=O) groups is 1. The van der Waals surface area contributed by atoms with Gasteiger partial charge in [0.1, 0.15) is 0 Å². The van der Waals surface area contributed by atoms with Crippen LogP contribution in [0, 0.1) is 0 Å². The van der Waals surface area contributed by atoms with E-state index in [4.69, 9.17) is 5.11 Å². The first kappa shape index (κ1) is 13.0. The van der Waals surface area contributed by atoms with Crippen molar-refractivity contribution in [2.75, 3.05) is 13.1 Å². The molecule has 0 rings (SSSR count). The van der Waals surface area contributed by atoms with E-state index in [2.05, 4.69) is 5.32 Å². The number of hydrogen-bond acceptors (Lipinski definition) is 2. The zero-order valence-electron chi connectivity index (χ0n) is 7.69. The molecular weight excluding hydrogens is 199 g/mol. The molecule has 0 amide bonds. The Morgan fingerprint density at radius 2 is 2.07 bits per heavy atom. The number of nitrogens with one attached hydrogen (secondary N) is 1. The van der Waals surface area contributed by atoms with Gasteiger partial charge < -0.3 is 10.4 Å². The van der Waals surface area contributed by atoms with Crippen LogP contribution in [-0.2, 0) is 4.79 Å². The second kappa shape index (κ2) is 5.64. The van der Waals surface area contributed by atoms with Crippen LogP contribution in [0.1, 0.15) is 13.3 Å². The van der Waals surface area contributed by atoms with Crippen molar-refractivity contribution in [3.8, 4) is 0 Å². The van der Waals surface area contributed by atoms with Gasteiger partial charge in [0.05, 0.1) is 6.54 Å². The van der Waals surface area contributed by atoms with Crippen molar-refractivity contribution in [1.29, 1.82) is 0 Å². The number of alkyl halides is 3. The van der Waals surface area contributed by atoms with Gasteiger partial charge in [-0.1, -0.05) is 13.0 Å². The maximum absolute atomic E-state index is 11.6. The molecule has 0 aromatic carbocycles. The molecule has 0 bridgehead atoms. The lowest BCUT2D eigenvalue weighted by Gasteiger charge is -2.06. The molecule has 0 unspecified atom stereocenters. The van der Waals surface area contributed by atoms with Gasteiger partial charge in [-0.25, -0.2) is 4.79 Å². The Hall–Kier alpha value is -1.04. The molecule has 0 aromatic heterocycles. The van der Waals surface area contributed by atoms with Crippen LogP contribution in [-0.4, -0.2) is 30.3 Å². The molecule has 3 nitrogen and oxygen atoms in total. The van der Waals surface area contributed by atoms with E-state index in [-0.39, 0.29) is 12.1 Å². The summed E-state index contributed by atoms with van der Waals surface area (Å²) in [7, 11) is 0. The summed E-state index contributed by atoms with van der Waals surface area (Å²) in [6.07, 6.45) is -2.72. The molecule has 0 spiro atoms. The van der Waals surface area contributed by atoms with Crippen molar-refractivity contribution in [2.24, 2.45) is 0 Å². The van der Waals surface area contributed by atoms with E-state index in [1.165, 1.54) is 6.08 Å². The standard InChI is InChI=1S/C8H12F3NO2/c1-2-6(7(13)14)3-4-12-5-8(9,10)11/h3,12H,2,4-5H2,1H3,(H,13,14). The van der Waals surface area contributed by atoms with Crippen LogP contribution in [0.15, 0.2) is 11.6 Å². The lowest BCUT2D eigenvalue weighted by molar-refractivity contribution is -0.132. The van der Waals surface area contributed by atoms with E-state index >= 15 is 0 Å². The summed E-state index contributed by atoms with van der Waals surface area (Å²) in [5, 5.41) is 10.6. The highest BCUT2D eigenvalue weighted by atomic mass is 19.4. The summed E-state index contributed by atoms with van der Waals surface area (Å²) in [4.78, 5) is 10.4. The Labute approximate surface area is 79.6 Å². The first-order valence-electron chi connectivity index (χ1n) is 4.06. The van der Waals surface area contributed by atoms with E-state index in [1.54, 1.807) is 6.92 Å². The minimum absolute atomic E-state index is 0.0883. The Bertz CT molecular complexity index is 223. The Kier molecular flexibility index (Phi) is 5.22. The molecule has 0 saturated carbocycles. The molecule has 82 valence electrons. The van der Waals surface area contributed by atoms with Gasteiger partial charge >= 0.3 is 12.1 Å². The number of rotatable bonds is 5. The van der Waals surface area contributed by atoms with Crippen LogP contribution in [0.3, 0.4) is 0 Å². The third-order valence-electron chi connectivity index (χ3n) is 1.47. The van der Waals surface area contributed by atoms with Crippen molar-refractivity contribution in [1.82, 2.24) is 5.32 Å². The topological polar surface area (TPSA) is 49.3 Å². The molecule has 0 aliphatic carbocycles. The monoisotopic (exact) mass is 211 g/mol. The van der Waals surface area contributed by atoms with Gasteiger partial charge in [-0.15, -0.1) is 0 Å². The first-order valence-corrected chi connectivity index (χ1v) is 4.06. The molecule has 0 saturated heterocycles. The van der Waals surface area contributed by atoms with Crippen LogP contribution < -0.4 is 5.32 Å². The summed E-state index contributed by atoms with van der Waals surface area (Å²) in [6, 6.07) is 0. The molecule has 2 N–H and O–H groups in total. The third kappa shape index (κ3) is 6.47. The maximum atomic E-state index is 11.6. The molecule has 0 heterocycles. The minimum Gasteiger partial charge on any atom is -0.478 e. The zero-order chi connectivity index (χ0) is 11.2. The Morgan fingerprint density at radius 3 is 2.43 bits per heavy atom. The van der Waals surface area contributed by atoms with Crippen molar-refractivity contribution in [3.63, 3.8) is 0 Å². The first-order chi connectivity index (χ1) is 6.37. The van der Waals surface area contributed by atoms with Gasteiger partial charge in [-0.05, 0) is 6.42 Å². The molecule has 14 heavy (non-hydrogen) atoms. The van der Waals surface area contributed by atoms with Gasteiger partial charge in [0.15, 0.2) is 0 Å². The SMILES string of the molecule is CCC(=CCNCC(F)(F)F)C(=O)O. The Morgan fingerprint density at radius 1 is 1.50 bits per heavy atom. The zero-order valence-corrected chi connectivity index (χ0v) is 7.69. The third-order valence-corrected chi connectivity index (χ3v) is 1.47. The van der Waals surface area contributed by atoms with Crippen LogP contribution in [0.4, 0.5) is 13.2 Å². The van der Waals surface area contributed by atoms with Gasteiger partial charge in [-0.3, -0.25) is 0 Å². The lowest BCUT2D eigenvalue weighted by Crippen LogP contribution is -2.29. The smallest absolute Gasteiger partial charge is 0.401 e. The Balaban J connectivity index is 3.86. The van der Waals surface area contributed by atoms with E-state index in [9.17, 15) is 18.0 Å². The van der Waals surface area contributed by atoms with Crippen molar-refractivity contribution in [2.45, 2.75) is 19.5 Å². The maximum Gasteiger partial charge on any atom is 0.401 e. The van der Waals surface area contributed by atoms with Crippen LogP contribution in [0.25, 0.3) is 0 Å². The highest BCUT2D eigenvalue weighted by Crippen LogP contribution is 2.11. The predicted molar refractivity (Wildman–Crippen MR) is 44.9 cm³/mol. The molecule has 6 heteroatoms. The summed E-state index contributed by atoms with van der Waals surface area (Å²) in [5.74, 6) is -1.10. The molecule has 0 aliphatic heterocycles. The van der Waals surface area contributed by atoms with Gasteiger partial charge in [-0.2, -0.15) is 13.2 Å². The van der Waals surface area contributed by atoms with E-state index in [0.29, 0.717) is 6.42 Å². The van der Waals surface area contributed by atoms with Crippen LogP contribution in [0.5, 0.6) is 0 Å². The molecule has 0 aliphatic rings. The van der Waals surface area contributed by atoms with Crippen molar-refractivity contribution < 1.29 is 23.1 Å². The average Bonchev–Trinajstić information content (AvgIpc) is 2.01. The summed E-state index contributed by atoms with van der Waals surface area (Å²) >= 11 is 0. The fourth-order valence-corrected chi connectivity index (χ4v) is 0.792. The van der Waals surface area contributed by atoms with E-state index < -0.39 is 18.7 Å². The summed E-state index contributed by atoms with van der Waals surface area (Å²) < 4.78 is 34.9. The molecule has 0 radical (unpaired) electrons. The fraction of sp³-hybridized carbons (Fsp3) is 0.625. The van der Waals surface area contributed by atoms with Crippen LogP contribution >= 0.6 is 0 Å². The average molecular weight is 211 g/mol. The molecule has 0 aromatic rings. The second-order valence-electron chi connectivity index (χ2n) is 2.63. The molecule has 0 atom stereocenters. The lowest BCUT2D eigenvalue weighted by atomic mass is 10.2. The minimum atomic E-state index is -4.26. The van der Waals surface area contributed by atoms with E-state index in [1.807, 2.05) is 0 Å². The predicted octanol–water partition coefficient (Wildman–Crippen LogP) is 1.56. The number of halogens is 3. The summed E-state index contributed by atoms with van der Waals surface area (Å²) in [6.45, 7) is 0.429. The fourth-order valence-electron chi connectivity index (χ4n) is 0.792. The highest BCUT2D eigenvalue weighted by molar-refractivity contribution is 5.86. The van der Waals surface area contributed by atoms with Gasteiger partial charge in [0.25, 0.3) is 0 Å². The van der Waals surface area contributed by atoms with Gasteiger partial charge in [0, 0.05) is 12.1 Å². The number of hydrogen-bond donors (Lipinski definition) is 2. The normalized spacial score (nSPS) is 13.0. The number of carboxylic acids is 1. The highest BCUT2D eigenvalue weighted by Gasteiger charge is 2.25. The number of aliphatic carboxylic acids is 1. The number of carboxylic acid groups (broad SMARTS) is 1. The summed E-state index contributed by atoms with van der Waals surface area (Å²) in [5.41, 5.74) is 0.111. The largest absolute Gasteiger partial charge is 0.478 e. The second-order valence-corrected chi connectivity index (χ2v) is 2.63. The van der Waals surface area contributed by atoms with E-state index in [0.717, 1.165) is 0 Å². The van der Waals surface area contributed by atoms with Crippen LogP contribution in [0.2, 0.25) is 0 Å². The van der Waals surface area contributed by atoms with Crippen molar-refractivity contribution in [3.05, 3.63) is 11.6 Å².